The Hall–Kier alpha value is -1.05. The molecule has 18 heteroatoms. The van der Waals surface area contributed by atoms with Crippen molar-refractivity contribution in [3.8, 4) is 0 Å². The maximum atomic E-state index is 10.7. The van der Waals surface area contributed by atoms with Crippen molar-refractivity contribution in [2.45, 2.75) is 119 Å². The summed E-state index contributed by atoms with van der Waals surface area (Å²) in [5.74, 6) is 1.16. The van der Waals surface area contributed by atoms with Gasteiger partial charge in [0.1, 0.15) is 31.8 Å². The van der Waals surface area contributed by atoms with E-state index >= 15 is 0 Å². The van der Waals surface area contributed by atoms with E-state index in [-0.39, 0.29) is 72.5 Å². The number of aliphatic hydroxyl groups is 5. The second-order valence-electron chi connectivity index (χ2n) is 15.4. The van der Waals surface area contributed by atoms with Crippen LogP contribution in [0.25, 0.3) is 0 Å². The monoisotopic (exact) mass is 982 g/mol. The molecule has 5 fully saturated rings. The first-order valence-electron chi connectivity index (χ1n) is 19.8. The van der Waals surface area contributed by atoms with Crippen LogP contribution in [0.4, 0.5) is 13.2 Å². The van der Waals surface area contributed by atoms with Gasteiger partial charge in [-0.3, -0.25) is 11.5 Å². The van der Waals surface area contributed by atoms with Gasteiger partial charge in [-0.2, -0.15) is 13.2 Å². The van der Waals surface area contributed by atoms with Gasteiger partial charge in [0.05, 0.1) is 24.9 Å². The van der Waals surface area contributed by atoms with Crippen LogP contribution in [-0.2, 0) is 38.3 Å². The molecule has 2 aromatic rings. The first kappa shape index (κ1) is 62.0. The van der Waals surface area contributed by atoms with Crippen LogP contribution in [0.15, 0.2) is 92.6 Å². The minimum absolute atomic E-state index is 0. The van der Waals surface area contributed by atoms with Crippen molar-refractivity contribution in [1.82, 2.24) is 4.90 Å². The Morgan fingerprint density at radius 1 is 0.787 bits per heavy atom. The number of benzene rings is 2. The van der Waals surface area contributed by atoms with Crippen molar-refractivity contribution in [2.24, 2.45) is 11.8 Å². The molecule has 5 aliphatic rings. The van der Waals surface area contributed by atoms with Crippen LogP contribution >= 0.6 is 10.1 Å². The number of nitrogens with zero attached hydrogens (tertiary/aromatic N) is 2. The molecule has 0 bridgehead atoms. The Labute approximate surface area is 396 Å². The first-order chi connectivity index (χ1) is 28.0. The van der Waals surface area contributed by atoms with Crippen LogP contribution in [0.1, 0.15) is 75.3 Å². The minimum atomic E-state index is -6.09. The summed E-state index contributed by atoms with van der Waals surface area (Å²) in [6, 6.07) is 21.6. The second kappa shape index (κ2) is 32.6. The van der Waals surface area contributed by atoms with E-state index < -0.39 is 15.6 Å². The number of piperidine rings is 1. The topological polar surface area (TPSA) is 162 Å². The summed E-state index contributed by atoms with van der Waals surface area (Å²) < 4.78 is 60.0. The molecule has 2 aliphatic carbocycles. The number of allylic oxidation sites excluding steroid dienone is 2. The van der Waals surface area contributed by atoms with E-state index in [2.05, 4.69) is 98.9 Å². The van der Waals surface area contributed by atoms with E-state index in [1.807, 2.05) is 30.4 Å². The van der Waals surface area contributed by atoms with Crippen molar-refractivity contribution in [3.63, 3.8) is 0 Å². The standard InChI is InChI=1S/C12H17NO2.C12H16NO.2C8H14O.C2H3.CHF3O3S.2ClH.Cu.Mg/c14-9-11-6-12(15)8-13(11)7-10-4-2-1-3-5-10;14-12-6-11-8-13(11,9-12)7-10-4-2-1-3-5-10;2*1-2-7-4-3-5-8(9)6-7;1-2;2-1(3,4)8(5,6)7;;;;/h1-5,11-12,14-15H,6-9H2;1-5,11-12,14H,6-9H2;2*2,7-9H,1,3-6H2;1H,2H2;(H,5,6,7);2*1H;;/q;+1;;;-1;;;;+1;+2/p-3/t11-,12-;11-,12-,13?;2*7-,8+;;;;;;/m1111....../s1. The number of hydrogen-bond acceptors (Lipinski definition) is 9. The third-order valence-electron chi connectivity index (χ3n) is 10.9. The number of quaternary nitrogens is 1. The molecule has 0 aromatic heterocycles. The molecule has 3 saturated heterocycles. The van der Waals surface area contributed by atoms with E-state index in [9.17, 15) is 28.5 Å². The first-order valence-corrected chi connectivity index (χ1v) is 22.5. The quantitative estimate of drug-likeness (QED) is 0.0535. The largest absolute Gasteiger partial charge is 2.00 e. The average Bonchev–Trinajstić information content (AvgIpc) is 3.56. The Balaban J connectivity index is 0. The van der Waals surface area contributed by atoms with E-state index in [4.69, 9.17) is 23.2 Å². The summed E-state index contributed by atoms with van der Waals surface area (Å²) in [6.45, 7) is 19.4. The predicted molar refractivity (Wildman–Crippen MR) is 227 cm³/mol. The van der Waals surface area contributed by atoms with Crippen LogP contribution in [0.5, 0.6) is 0 Å². The summed E-state index contributed by atoms with van der Waals surface area (Å²) in [5.41, 5.74) is -3.01. The second-order valence-corrected chi connectivity index (χ2v) is 16.8. The van der Waals surface area contributed by atoms with Gasteiger partial charge in [0.15, 0.2) is 10.1 Å². The van der Waals surface area contributed by atoms with Crippen molar-refractivity contribution in [3.05, 3.63) is 110 Å². The van der Waals surface area contributed by atoms with Crippen LogP contribution < -0.4 is 12.4 Å². The van der Waals surface area contributed by atoms with Crippen LogP contribution in [-0.4, -0.2) is 139 Å². The summed E-state index contributed by atoms with van der Waals surface area (Å²) in [4.78, 5) is 2.14. The Bertz CT molecular complexity index is 1540. The maximum Gasteiger partial charge on any atom is 2.00 e. The Morgan fingerprint density at radius 2 is 1.23 bits per heavy atom. The molecule has 348 valence electrons. The molecule has 10 nitrogen and oxygen atoms in total. The number of hydrogen-bond donors (Lipinski definition) is 5. The van der Waals surface area contributed by atoms with Gasteiger partial charge in [-0.25, -0.2) is 8.42 Å². The van der Waals surface area contributed by atoms with Gasteiger partial charge in [0, 0.05) is 31.1 Å². The molecule has 1 unspecified atom stereocenters. The molecule has 2 aromatic carbocycles. The van der Waals surface area contributed by atoms with E-state index in [1.165, 1.54) is 30.5 Å². The number of alkyl halides is 3. The average molecular weight is 985 g/mol. The zero-order valence-electron chi connectivity index (χ0n) is 34.7. The number of rotatable bonds is 7. The van der Waals surface area contributed by atoms with Gasteiger partial charge in [0.25, 0.3) is 0 Å². The number of likely N-dealkylation sites (tertiary alicyclic amines) is 1. The van der Waals surface area contributed by atoms with Crippen molar-refractivity contribution >= 4 is 43.3 Å². The van der Waals surface area contributed by atoms with Crippen molar-refractivity contribution in [2.75, 3.05) is 26.2 Å². The SMILES string of the molecule is C=C[C@@H]1CCC[C@H](O)C1.C=C[C@@H]1CCC[C@H](O)C1.O=S(=O)([O-])C(F)(F)F.OC[C@H]1C[C@@H](O)CN1Cc1ccccc1.O[C@@H]1C[C@@H]2C[N+]2(Cc2ccccc2)C1.[CH-]=C.[Cl-].[Cl][Cu].[Mg+2]. The number of aliphatic hydroxyl groups excluding tert-OH is 5. The smallest absolute Gasteiger partial charge is 2.00 e. The van der Waals surface area contributed by atoms with Gasteiger partial charge in [-0.1, -0.05) is 85.7 Å². The summed E-state index contributed by atoms with van der Waals surface area (Å²) in [7, 11) is -1.89. The zero-order valence-corrected chi connectivity index (χ0v) is 39.4. The molecule has 7 rings (SSSR count). The van der Waals surface area contributed by atoms with E-state index in [0.29, 0.717) is 24.8 Å². The van der Waals surface area contributed by atoms with Crippen LogP contribution in [0, 0.1) is 18.4 Å². The Kier molecular flexibility index (Phi) is 33.1. The third kappa shape index (κ3) is 24.2. The van der Waals surface area contributed by atoms with Crippen molar-refractivity contribution in [1.29, 1.82) is 0 Å². The van der Waals surface area contributed by atoms with E-state index in [1.54, 1.807) is 0 Å². The maximum absolute atomic E-state index is 10.7. The molecule has 9 atom stereocenters. The fourth-order valence-corrected chi connectivity index (χ4v) is 7.90. The predicted octanol–water partition coefficient (Wildman–Crippen LogP) is 3.18. The van der Waals surface area contributed by atoms with Gasteiger partial charge in [-0.15, -0.1) is 13.2 Å². The third-order valence-corrected chi connectivity index (χ3v) is 11.5. The van der Waals surface area contributed by atoms with Gasteiger partial charge < -0.3 is 53.6 Å². The van der Waals surface area contributed by atoms with Gasteiger partial charge in [-0.05, 0) is 62.3 Å². The van der Waals surface area contributed by atoms with Crippen LogP contribution in [0.2, 0.25) is 0 Å². The van der Waals surface area contributed by atoms with Crippen LogP contribution in [0.3, 0.4) is 0 Å². The van der Waals surface area contributed by atoms with Gasteiger partial charge >= 0.3 is 53.8 Å². The number of halogens is 5. The zero-order chi connectivity index (χ0) is 44.6. The molecule has 3 aliphatic heterocycles. The molecule has 61 heavy (non-hydrogen) atoms. The molecular weight excluding hydrogens is 920 g/mol. The molecule has 2 saturated carbocycles. The molecule has 0 spiro atoms. The summed E-state index contributed by atoms with van der Waals surface area (Å²) in [5, 5.41) is 46.6. The number of fused-ring (bicyclic) bond motifs is 1. The minimum Gasteiger partial charge on any atom is 2.00 e. The Morgan fingerprint density at radius 3 is 1.57 bits per heavy atom. The van der Waals surface area contributed by atoms with E-state index in [0.717, 1.165) is 75.1 Å². The fraction of sp³-hybridized carbons (Fsp3) is 0.581. The molecule has 0 radical (unpaired) electrons. The summed E-state index contributed by atoms with van der Waals surface area (Å²) in [6.07, 6.45) is 13.8. The molecule has 5 N–H and O–H groups in total. The van der Waals surface area contributed by atoms with Crippen molar-refractivity contribution < 1.29 is 83.7 Å². The molecule has 3 heterocycles. The van der Waals surface area contributed by atoms with Gasteiger partial charge in [0.2, 0.25) is 0 Å². The molecule has 0 amide bonds. The normalized spacial score (nSPS) is 28.4. The summed E-state index contributed by atoms with van der Waals surface area (Å²) >= 11 is 3.66. The molecular formula is C43H64Cl2CuF3MgN2O8S. The number of β-amino-alcohol motifs (C(OH)–C–C–N with tert-alkyl or cyclic N) is 1. The fourth-order valence-electron chi connectivity index (χ4n) is 7.90.